The van der Waals surface area contributed by atoms with Crippen LogP contribution < -0.4 is 0 Å². The first-order valence-electron chi connectivity index (χ1n) is 2.74. The molecule has 0 aromatic rings. The van der Waals surface area contributed by atoms with Gasteiger partial charge in [-0.25, -0.2) is 4.57 Å². The molecule has 0 amide bonds. The van der Waals surface area contributed by atoms with E-state index in [9.17, 15) is 4.57 Å². The van der Waals surface area contributed by atoms with Crippen LogP contribution >= 0.6 is 7.82 Å². The second kappa shape index (κ2) is 6.46. The molecule has 0 atom stereocenters. The molecular weight excluding hydrogens is 213 g/mol. The maximum Gasteiger partial charge on any atom is 0.472 e. The predicted molar refractivity (Wildman–Crippen MR) is 38.8 cm³/mol. The molecule has 0 heterocycles. The minimum absolute atomic E-state index is 0. The Morgan fingerprint density at radius 3 is 1.80 bits per heavy atom. The first-order valence-corrected chi connectivity index (χ1v) is 4.23. The monoisotopic (exact) mass is 223 g/mol. The van der Waals surface area contributed by atoms with Crippen LogP contribution in [0.5, 0.6) is 0 Å². The van der Waals surface area contributed by atoms with Crippen LogP contribution in [0.2, 0.25) is 0 Å². The molecule has 0 aliphatic heterocycles. The zero-order chi connectivity index (χ0) is 7.33. The van der Waals surface area contributed by atoms with E-state index in [1.165, 1.54) is 0 Å². The average molecular weight is 224 g/mol. The van der Waals surface area contributed by atoms with Crippen LogP contribution in [0.25, 0.3) is 0 Å². The molecule has 0 unspecified atom stereocenters. The van der Waals surface area contributed by atoms with Gasteiger partial charge >= 0.3 is 7.82 Å². The minimum atomic E-state index is -3.69. The van der Waals surface area contributed by atoms with Crippen molar-refractivity contribution in [2.45, 2.75) is 13.8 Å². The Hall–Kier alpha value is 0.746. The SMILES string of the molecule is CCOP(=O)(O)OCC.[Ga]. The van der Waals surface area contributed by atoms with Crippen molar-refractivity contribution in [3.8, 4) is 0 Å². The molecule has 0 aliphatic carbocycles. The number of hydrogen-bond donors (Lipinski definition) is 1. The van der Waals surface area contributed by atoms with Crippen LogP contribution in [0.3, 0.4) is 0 Å². The summed E-state index contributed by atoms with van der Waals surface area (Å²) in [6, 6.07) is 0. The van der Waals surface area contributed by atoms with Crippen molar-refractivity contribution in [3.63, 3.8) is 0 Å². The van der Waals surface area contributed by atoms with Crippen LogP contribution in [0.15, 0.2) is 0 Å². The third-order valence-electron chi connectivity index (χ3n) is 0.584. The van der Waals surface area contributed by atoms with Gasteiger partial charge in [-0.2, -0.15) is 0 Å². The summed E-state index contributed by atoms with van der Waals surface area (Å²) in [5, 5.41) is 0. The van der Waals surface area contributed by atoms with E-state index in [1.807, 2.05) is 0 Å². The van der Waals surface area contributed by atoms with Gasteiger partial charge in [-0.15, -0.1) is 0 Å². The largest absolute Gasteiger partial charge is 0.472 e. The number of hydrogen-bond acceptors (Lipinski definition) is 3. The summed E-state index contributed by atoms with van der Waals surface area (Å²) in [5.41, 5.74) is 0. The van der Waals surface area contributed by atoms with E-state index in [1.54, 1.807) is 13.8 Å². The number of phosphoric acid groups is 1. The Labute approximate surface area is 73.6 Å². The second-order valence-electron chi connectivity index (χ2n) is 1.30. The molecule has 0 fully saturated rings. The van der Waals surface area contributed by atoms with E-state index < -0.39 is 7.82 Å². The van der Waals surface area contributed by atoms with Gasteiger partial charge in [-0.3, -0.25) is 9.05 Å². The predicted octanol–water partition coefficient (Wildman–Crippen LogP) is 0.779. The third kappa shape index (κ3) is 6.86. The molecule has 0 aliphatic rings. The van der Waals surface area contributed by atoms with E-state index in [2.05, 4.69) is 9.05 Å². The zero-order valence-corrected chi connectivity index (χ0v) is 9.43. The van der Waals surface area contributed by atoms with Crippen molar-refractivity contribution in [1.82, 2.24) is 0 Å². The standard InChI is InChI=1S/C4H11O4P.Ga/c1-3-7-9(5,6)8-4-2;/h3-4H2,1-2H3,(H,5,6);. The molecule has 6 heteroatoms. The van der Waals surface area contributed by atoms with Gasteiger partial charge in [-0.1, -0.05) is 0 Å². The molecule has 0 spiro atoms. The van der Waals surface area contributed by atoms with Gasteiger partial charge in [0.1, 0.15) is 0 Å². The first-order chi connectivity index (χ1) is 4.12. The fourth-order valence-corrected chi connectivity index (χ4v) is 1.09. The molecule has 10 heavy (non-hydrogen) atoms. The quantitative estimate of drug-likeness (QED) is 0.566. The smallest absolute Gasteiger partial charge is 0.302 e. The van der Waals surface area contributed by atoms with E-state index in [4.69, 9.17) is 4.89 Å². The van der Waals surface area contributed by atoms with Crippen LogP contribution in [0, 0.1) is 0 Å². The van der Waals surface area contributed by atoms with Crippen molar-refractivity contribution < 1.29 is 18.5 Å². The van der Waals surface area contributed by atoms with Crippen molar-refractivity contribution >= 4 is 27.6 Å². The van der Waals surface area contributed by atoms with Crippen molar-refractivity contribution in [1.29, 1.82) is 0 Å². The molecule has 4 nitrogen and oxygen atoms in total. The van der Waals surface area contributed by atoms with Crippen LogP contribution in [-0.4, -0.2) is 37.9 Å². The summed E-state index contributed by atoms with van der Waals surface area (Å²) in [6.45, 7) is 3.63. The van der Waals surface area contributed by atoms with Crippen molar-refractivity contribution in [2.75, 3.05) is 13.2 Å². The van der Waals surface area contributed by atoms with Crippen molar-refractivity contribution in [2.24, 2.45) is 0 Å². The summed E-state index contributed by atoms with van der Waals surface area (Å²) in [6.07, 6.45) is 0. The van der Waals surface area contributed by atoms with Gasteiger partial charge in [0.2, 0.25) is 0 Å². The van der Waals surface area contributed by atoms with E-state index in [0.29, 0.717) is 0 Å². The molecule has 3 radical (unpaired) electrons. The fraction of sp³-hybridized carbons (Fsp3) is 1.00. The van der Waals surface area contributed by atoms with Crippen molar-refractivity contribution in [3.05, 3.63) is 0 Å². The van der Waals surface area contributed by atoms with Gasteiger partial charge in [0, 0.05) is 19.8 Å². The Kier molecular flexibility index (Phi) is 8.62. The Morgan fingerprint density at radius 1 is 1.30 bits per heavy atom. The normalized spacial score (nSPS) is 10.7. The summed E-state index contributed by atoms with van der Waals surface area (Å²) in [5.74, 6) is 0. The molecule has 0 saturated heterocycles. The average Bonchev–Trinajstić information content (AvgIpc) is 1.64. The maximum absolute atomic E-state index is 10.5. The van der Waals surface area contributed by atoms with Gasteiger partial charge < -0.3 is 4.89 Å². The van der Waals surface area contributed by atoms with Gasteiger partial charge in [0.25, 0.3) is 0 Å². The number of rotatable bonds is 4. The molecular formula is C4H11GaO4P. The molecule has 1 N–H and O–H groups in total. The second-order valence-corrected chi connectivity index (χ2v) is 2.76. The first kappa shape index (κ1) is 13.3. The van der Waals surface area contributed by atoms with Gasteiger partial charge in [0.15, 0.2) is 0 Å². The minimum Gasteiger partial charge on any atom is -0.302 e. The topological polar surface area (TPSA) is 55.8 Å². The van der Waals surface area contributed by atoms with Crippen LogP contribution in [0.1, 0.15) is 13.8 Å². The Balaban J connectivity index is 0. The fourth-order valence-electron chi connectivity index (χ4n) is 0.364. The van der Waals surface area contributed by atoms with Gasteiger partial charge in [0.05, 0.1) is 13.2 Å². The molecule has 0 aromatic heterocycles. The molecule has 0 aromatic carbocycles. The number of phosphoric ester groups is 1. The molecule has 0 saturated carbocycles. The molecule has 59 valence electrons. The summed E-state index contributed by atoms with van der Waals surface area (Å²) < 4.78 is 19.2. The van der Waals surface area contributed by atoms with E-state index in [-0.39, 0.29) is 33.0 Å². The zero-order valence-electron chi connectivity index (χ0n) is 6.11. The molecule has 0 rings (SSSR count). The summed E-state index contributed by atoms with van der Waals surface area (Å²) in [7, 11) is -3.69. The summed E-state index contributed by atoms with van der Waals surface area (Å²) in [4.78, 5) is 8.63. The van der Waals surface area contributed by atoms with Crippen LogP contribution in [0.4, 0.5) is 0 Å². The van der Waals surface area contributed by atoms with E-state index >= 15 is 0 Å². The maximum atomic E-state index is 10.5. The molecule has 0 bridgehead atoms. The summed E-state index contributed by atoms with van der Waals surface area (Å²) >= 11 is 0. The Bertz CT molecular complexity index is 108. The third-order valence-corrected chi connectivity index (χ3v) is 1.75. The van der Waals surface area contributed by atoms with E-state index in [0.717, 1.165) is 0 Å². The van der Waals surface area contributed by atoms with Crippen LogP contribution in [-0.2, 0) is 13.6 Å². The Morgan fingerprint density at radius 2 is 1.60 bits per heavy atom. The van der Waals surface area contributed by atoms with Gasteiger partial charge in [-0.05, 0) is 13.8 Å².